The molecule has 0 aliphatic heterocycles. The van der Waals surface area contributed by atoms with E-state index in [1.54, 1.807) is 30.3 Å². The maximum absolute atomic E-state index is 12.1. The van der Waals surface area contributed by atoms with Gasteiger partial charge in [0.1, 0.15) is 12.4 Å². The third-order valence-electron chi connectivity index (χ3n) is 2.64. The molecule has 0 aliphatic rings. The van der Waals surface area contributed by atoms with Gasteiger partial charge in [-0.25, -0.2) is 0 Å². The van der Waals surface area contributed by atoms with Crippen LogP contribution >= 0.6 is 15.9 Å². The molecular formula is C16H12BrNO3. The summed E-state index contributed by atoms with van der Waals surface area (Å²) in [6.07, 6.45) is 0. The number of hydrogen-bond acceptors (Lipinski definition) is 3. The average Bonchev–Trinajstić information content (AvgIpc) is 2.45. The molecule has 0 aliphatic carbocycles. The average molecular weight is 346 g/mol. The Hall–Kier alpha value is -2.29. The number of carbonyl (C=O) groups is 1. The number of rotatable bonds is 2. The van der Waals surface area contributed by atoms with Crippen molar-refractivity contribution in [2.75, 3.05) is 11.9 Å². The molecule has 0 atom stereocenters. The quantitative estimate of drug-likeness (QED) is 0.733. The highest BCUT2D eigenvalue weighted by Crippen LogP contribution is 2.23. The van der Waals surface area contributed by atoms with Crippen LogP contribution < -0.4 is 5.32 Å². The number of amides is 1. The Bertz CT molecular complexity index is 732. The predicted molar refractivity (Wildman–Crippen MR) is 84.2 cm³/mol. The molecule has 5 heteroatoms. The van der Waals surface area contributed by atoms with Crippen molar-refractivity contribution in [2.24, 2.45) is 0 Å². The van der Waals surface area contributed by atoms with Gasteiger partial charge in [-0.2, -0.15) is 0 Å². The van der Waals surface area contributed by atoms with Crippen LogP contribution in [0.15, 0.2) is 46.9 Å². The van der Waals surface area contributed by atoms with Gasteiger partial charge in [0.15, 0.2) is 0 Å². The molecule has 2 rings (SSSR count). The smallest absolute Gasteiger partial charge is 0.259 e. The van der Waals surface area contributed by atoms with Crippen molar-refractivity contribution in [3.8, 4) is 17.6 Å². The summed E-state index contributed by atoms with van der Waals surface area (Å²) >= 11 is 3.22. The van der Waals surface area contributed by atoms with E-state index in [-0.39, 0.29) is 17.9 Å². The molecule has 0 fully saturated rings. The van der Waals surface area contributed by atoms with Gasteiger partial charge in [-0.3, -0.25) is 4.79 Å². The molecule has 0 radical (unpaired) electrons. The summed E-state index contributed by atoms with van der Waals surface area (Å²) in [4.78, 5) is 12.1. The van der Waals surface area contributed by atoms with Crippen molar-refractivity contribution in [3.05, 3.63) is 58.1 Å². The first-order valence-corrected chi connectivity index (χ1v) is 6.89. The van der Waals surface area contributed by atoms with Crippen LogP contribution in [0.25, 0.3) is 0 Å². The molecule has 1 amide bonds. The number of anilines is 1. The van der Waals surface area contributed by atoms with Crippen LogP contribution in [-0.4, -0.2) is 22.7 Å². The summed E-state index contributed by atoms with van der Waals surface area (Å²) in [5.74, 6) is 4.79. The van der Waals surface area contributed by atoms with E-state index in [2.05, 4.69) is 33.1 Å². The summed E-state index contributed by atoms with van der Waals surface area (Å²) in [7, 11) is 0. The number of phenols is 1. The lowest BCUT2D eigenvalue weighted by Crippen LogP contribution is -2.12. The van der Waals surface area contributed by atoms with E-state index < -0.39 is 5.91 Å². The minimum Gasteiger partial charge on any atom is -0.507 e. The number of halogens is 1. The fourth-order valence-corrected chi connectivity index (χ4v) is 2.06. The number of benzene rings is 2. The standard InChI is InChI=1S/C16H12BrNO3/c17-12-6-7-14(15(20)10-12)16(21)18-13-5-1-3-11(9-13)4-2-8-19/h1,3,5-7,9-10,19-20H,8H2,(H,18,21). The largest absolute Gasteiger partial charge is 0.507 e. The van der Waals surface area contributed by atoms with Gasteiger partial charge in [0.05, 0.1) is 5.56 Å². The number of aromatic hydroxyl groups is 1. The lowest BCUT2D eigenvalue weighted by Gasteiger charge is -2.07. The molecule has 0 spiro atoms. The lowest BCUT2D eigenvalue weighted by molar-refractivity contribution is 0.102. The second-order valence-corrected chi connectivity index (χ2v) is 5.07. The number of carbonyl (C=O) groups excluding carboxylic acids is 1. The highest BCUT2D eigenvalue weighted by molar-refractivity contribution is 9.10. The Labute approximate surface area is 130 Å². The molecule has 0 aromatic heterocycles. The van der Waals surface area contributed by atoms with Crippen molar-refractivity contribution in [2.45, 2.75) is 0 Å². The molecule has 2 aromatic rings. The number of aliphatic hydroxyl groups is 1. The minimum absolute atomic E-state index is 0.0990. The Kier molecular flexibility index (Phi) is 4.99. The predicted octanol–water partition coefficient (Wildman–Crippen LogP) is 2.75. The first-order valence-electron chi connectivity index (χ1n) is 6.10. The van der Waals surface area contributed by atoms with E-state index in [4.69, 9.17) is 5.11 Å². The SMILES string of the molecule is O=C(Nc1cccc(C#CCO)c1)c1ccc(Br)cc1O. The van der Waals surface area contributed by atoms with Crippen LogP contribution in [0.4, 0.5) is 5.69 Å². The molecular weight excluding hydrogens is 334 g/mol. The van der Waals surface area contributed by atoms with Gasteiger partial charge in [-0.15, -0.1) is 0 Å². The summed E-state index contributed by atoms with van der Waals surface area (Å²) < 4.78 is 0.692. The maximum atomic E-state index is 12.1. The molecule has 106 valence electrons. The van der Waals surface area contributed by atoms with E-state index in [1.807, 2.05) is 0 Å². The highest BCUT2D eigenvalue weighted by Gasteiger charge is 2.11. The van der Waals surface area contributed by atoms with Crippen LogP contribution in [0, 0.1) is 11.8 Å². The number of phenolic OH excluding ortho intramolecular Hbond substituents is 1. The molecule has 0 saturated carbocycles. The number of hydrogen-bond donors (Lipinski definition) is 3. The zero-order valence-corrected chi connectivity index (χ0v) is 12.5. The number of aliphatic hydroxyl groups excluding tert-OH is 1. The van der Waals surface area contributed by atoms with Gasteiger partial charge in [-0.1, -0.05) is 33.8 Å². The van der Waals surface area contributed by atoms with E-state index in [9.17, 15) is 9.90 Å². The summed E-state index contributed by atoms with van der Waals surface area (Å²) in [5, 5.41) is 21.1. The molecule has 3 N–H and O–H groups in total. The second-order valence-electron chi connectivity index (χ2n) is 4.16. The Morgan fingerprint density at radius 3 is 2.76 bits per heavy atom. The fraction of sp³-hybridized carbons (Fsp3) is 0.0625. The Morgan fingerprint density at radius 2 is 2.05 bits per heavy atom. The maximum Gasteiger partial charge on any atom is 0.259 e. The van der Waals surface area contributed by atoms with Gasteiger partial charge < -0.3 is 15.5 Å². The topological polar surface area (TPSA) is 69.6 Å². The van der Waals surface area contributed by atoms with E-state index >= 15 is 0 Å². The molecule has 0 saturated heterocycles. The van der Waals surface area contributed by atoms with E-state index in [0.717, 1.165) is 0 Å². The first-order chi connectivity index (χ1) is 10.1. The van der Waals surface area contributed by atoms with Crippen LogP contribution in [0.3, 0.4) is 0 Å². The van der Waals surface area contributed by atoms with Gasteiger partial charge >= 0.3 is 0 Å². The number of nitrogens with one attached hydrogen (secondary N) is 1. The van der Waals surface area contributed by atoms with E-state index in [1.165, 1.54) is 12.1 Å². The second kappa shape index (κ2) is 6.93. The molecule has 21 heavy (non-hydrogen) atoms. The van der Waals surface area contributed by atoms with Crippen LogP contribution in [0.2, 0.25) is 0 Å². The third kappa shape index (κ3) is 4.09. The van der Waals surface area contributed by atoms with Crippen LogP contribution in [0.1, 0.15) is 15.9 Å². The minimum atomic E-state index is -0.410. The monoisotopic (exact) mass is 345 g/mol. The van der Waals surface area contributed by atoms with Crippen molar-refractivity contribution in [3.63, 3.8) is 0 Å². The summed E-state index contributed by atoms with van der Waals surface area (Å²) in [6.45, 7) is -0.219. The van der Waals surface area contributed by atoms with Crippen molar-refractivity contribution in [1.82, 2.24) is 0 Å². The van der Waals surface area contributed by atoms with Crippen molar-refractivity contribution >= 4 is 27.5 Å². The van der Waals surface area contributed by atoms with E-state index in [0.29, 0.717) is 15.7 Å². The molecule has 0 bridgehead atoms. The Balaban J connectivity index is 2.19. The highest BCUT2D eigenvalue weighted by atomic mass is 79.9. The van der Waals surface area contributed by atoms with Crippen molar-refractivity contribution in [1.29, 1.82) is 0 Å². The van der Waals surface area contributed by atoms with Gasteiger partial charge in [0, 0.05) is 15.7 Å². The molecule has 0 heterocycles. The molecule has 2 aromatic carbocycles. The van der Waals surface area contributed by atoms with Crippen LogP contribution in [-0.2, 0) is 0 Å². The van der Waals surface area contributed by atoms with Gasteiger partial charge in [-0.05, 0) is 36.4 Å². The fourth-order valence-electron chi connectivity index (χ4n) is 1.71. The molecule has 0 unspecified atom stereocenters. The zero-order chi connectivity index (χ0) is 15.2. The first kappa shape index (κ1) is 15.1. The Morgan fingerprint density at radius 1 is 1.24 bits per heavy atom. The van der Waals surface area contributed by atoms with Crippen molar-refractivity contribution < 1.29 is 15.0 Å². The summed E-state index contributed by atoms with van der Waals surface area (Å²) in [5.41, 5.74) is 1.43. The van der Waals surface area contributed by atoms with Crippen LogP contribution in [0.5, 0.6) is 5.75 Å². The zero-order valence-electron chi connectivity index (χ0n) is 10.9. The lowest BCUT2D eigenvalue weighted by atomic mass is 10.1. The third-order valence-corrected chi connectivity index (χ3v) is 3.13. The molecule has 4 nitrogen and oxygen atoms in total. The van der Waals surface area contributed by atoms with Gasteiger partial charge in [0.25, 0.3) is 5.91 Å². The summed E-state index contributed by atoms with van der Waals surface area (Å²) in [6, 6.07) is 11.6. The normalized spacial score (nSPS) is 9.62. The van der Waals surface area contributed by atoms with Gasteiger partial charge in [0.2, 0.25) is 0 Å².